The van der Waals surface area contributed by atoms with Crippen molar-refractivity contribution in [2.45, 2.75) is 12.6 Å². The minimum atomic E-state index is -4.69. The summed E-state index contributed by atoms with van der Waals surface area (Å²) in [6, 6.07) is 6.07. The monoisotopic (exact) mass is 465 g/mol. The fraction of sp³-hybridized carbons (Fsp3) is 0.100. The molecule has 0 saturated heterocycles. The average Bonchev–Trinajstić information content (AvgIpc) is 3.38. The summed E-state index contributed by atoms with van der Waals surface area (Å²) < 4.78 is 55.4. The van der Waals surface area contributed by atoms with E-state index in [0.29, 0.717) is 11.4 Å². The van der Waals surface area contributed by atoms with E-state index < -0.39 is 17.8 Å². The van der Waals surface area contributed by atoms with Gasteiger partial charge in [-0.15, -0.1) is 5.10 Å². The van der Waals surface area contributed by atoms with Crippen LogP contribution in [0.25, 0.3) is 22.3 Å². The van der Waals surface area contributed by atoms with Gasteiger partial charge >= 0.3 is 6.18 Å². The Labute approximate surface area is 189 Å². The standard InChI is InChI=1S/C20H12BF4N9/c21-16-14(5-11-8-33(32-31-11)13-4-2-1-3-12(13)22)34-17(18(26)29-9-30-34)15(16)10-6-27-19(28-7-10)20(23,24)25/h1-4,6-9H,5H2,(H2,26,29,30). The van der Waals surface area contributed by atoms with Crippen LogP contribution in [0, 0.1) is 5.82 Å². The van der Waals surface area contributed by atoms with E-state index in [-0.39, 0.29) is 40.0 Å². The smallest absolute Gasteiger partial charge is 0.382 e. The van der Waals surface area contributed by atoms with Gasteiger partial charge in [0.15, 0.2) is 5.82 Å². The van der Waals surface area contributed by atoms with Crippen LogP contribution < -0.4 is 11.2 Å². The second-order valence-electron chi connectivity index (χ2n) is 7.22. The number of rotatable bonds is 4. The second kappa shape index (κ2) is 7.90. The molecule has 4 aromatic heterocycles. The summed E-state index contributed by atoms with van der Waals surface area (Å²) in [7, 11) is 6.39. The summed E-state index contributed by atoms with van der Waals surface area (Å²) in [6.07, 6.45) is 0.180. The molecule has 14 heteroatoms. The first-order valence-corrected chi connectivity index (χ1v) is 9.69. The van der Waals surface area contributed by atoms with Gasteiger partial charge in [0.05, 0.1) is 11.9 Å². The van der Waals surface area contributed by atoms with Gasteiger partial charge in [-0.1, -0.05) is 22.8 Å². The number of fused-ring (bicyclic) bond motifs is 1. The molecular weight excluding hydrogens is 453 g/mol. The maximum Gasteiger partial charge on any atom is 0.451 e. The van der Waals surface area contributed by atoms with Crippen molar-refractivity contribution in [1.82, 2.24) is 39.6 Å². The zero-order valence-corrected chi connectivity index (χ0v) is 17.1. The SMILES string of the molecule is [B]c1c(-c2cnc(C(F)(F)F)nc2)c2c(N)ncnn2c1Cc1cn(-c2ccccc2F)nn1. The van der Waals surface area contributed by atoms with Gasteiger partial charge in [0.25, 0.3) is 0 Å². The van der Waals surface area contributed by atoms with Gasteiger partial charge in [0.1, 0.15) is 31.2 Å². The predicted octanol–water partition coefficient (Wildman–Crippen LogP) is 1.89. The molecule has 0 fully saturated rings. The molecular formula is C20H12BF4N9. The van der Waals surface area contributed by atoms with Gasteiger partial charge < -0.3 is 5.73 Å². The van der Waals surface area contributed by atoms with Gasteiger partial charge in [-0.25, -0.2) is 28.5 Å². The van der Waals surface area contributed by atoms with Gasteiger partial charge in [-0.3, -0.25) is 0 Å². The van der Waals surface area contributed by atoms with Crippen LogP contribution >= 0.6 is 0 Å². The van der Waals surface area contributed by atoms with Crippen molar-refractivity contribution in [1.29, 1.82) is 0 Å². The third-order valence-electron chi connectivity index (χ3n) is 5.07. The van der Waals surface area contributed by atoms with Gasteiger partial charge in [0.2, 0.25) is 5.82 Å². The van der Waals surface area contributed by atoms with E-state index in [1.807, 2.05) is 0 Å². The van der Waals surface area contributed by atoms with Crippen LogP contribution in [0.2, 0.25) is 0 Å². The molecule has 0 unspecified atom stereocenters. The molecule has 5 aromatic rings. The van der Waals surface area contributed by atoms with Crippen LogP contribution in [0.4, 0.5) is 23.4 Å². The molecule has 1 aromatic carbocycles. The molecule has 4 heterocycles. The number of benzene rings is 1. The van der Waals surface area contributed by atoms with Crippen molar-refractivity contribution in [3.8, 4) is 16.8 Å². The maximum absolute atomic E-state index is 14.1. The van der Waals surface area contributed by atoms with E-state index in [0.717, 1.165) is 12.4 Å². The number of anilines is 1. The van der Waals surface area contributed by atoms with Crippen molar-refractivity contribution in [2.24, 2.45) is 0 Å². The molecule has 0 spiro atoms. The highest BCUT2D eigenvalue weighted by Gasteiger charge is 2.34. The first kappa shape index (κ1) is 21.5. The lowest BCUT2D eigenvalue weighted by Crippen LogP contribution is -2.14. The highest BCUT2D eigenvalue weighted by Crippen LogP contribution is 2.30. The zero-order valence-electron chi connectivity index (χ0n) is 17.1. The molecule has 9 nitrogen and oxygen atoms in total. The molecule has 5 rings (SSSR count). The molecule has 0 aliphatic heterocycles. The summed E-state index contributed by atoms with van der Waals surface area (Å²) in [5.41, 5.74) is 8.05. The Morgan fingerprint density at radius 3 is 2.50 bits per heavy atom. The lowest BCUT2D eigenvalue weighted by Gasteiger charge is -2.06. The number of nitrogen functional groups attached to an aromatic ring is 1. The third-order valence-corrected chi connectivity index (χ3v) is 5.07. The van der Waals surface area contributed by atoms with E-state index in [1.54, 1.807) is 18.2 Å². The van der Waals surface area contributed by atoms with Crippen LogP contribution in [0.1, 0.15) is 17.2 Å². The van der Waals surface area contributed by atoms with Gasteiger partial charge in [-0.2, -0.15) is 18.3 Å². The Morgan fingerprint density at radius 1 is 1.06 bits per heavy atom. The third kappa shape index (κ3) is 3.62. The normalized spacial score (nSPS) is 11.9. The van der Waals surface area contributed by atoms with Crippen LogP contribution in [-0.4, -0.2) is 47.4 Å². The maximum atomic E-state index is 14.1. The quantitative estimate of drug-likeness (QED) is 0.319. The Bertz CT molecular complexity index is 1510. The van der Waals surface area contributed by atoms with Crippen molar-refractivity contribution in [3.63, 3.8) is 0 Å². The van der Waals surface area contributed by atoms with Crippen LogP contribution in [0.3, 0.4) is 0 Å². The van der Waals surface area contributed by atoms with Gasteiger partial charge in [0, 0.05) is 35.6 Å². The van der Waals surface area contributed by atoms with Crippen LogP contribution in [-0.2, 0) is 12.6 Å². The summed E-state index contributed by atoms with van der Waals surface area (Å²) in [4.78, 5) is 10.8. The van der Waals surface area contributed by atoms with Crippen molar-refractivity contribution >= 4 is 24.6 Å². The molecule has 0 aliphatic carbocycles. The number of nitrogens with two attached hydrogens (primary N) is 1. The molecule has 0 aliphatic rings. The first-order valence-electron chi connectivity index (χ1n) is 9.69. The number of hydrogen-bond acceptors (Lipinski definition) is 7. The summed E-state index contributed by atoms with van der Waals surface area (Å²) in [5.74, 6) is -1.71. The lowest BCUT2D eigenvalue weighted by atomic mass is 9.87. The average molecular weight is 465 g/mol. The molecule has 0 atom stereocenters. The van der Waals surface area contributed by atoms with E-state index in [9.17, 15) is 17.6 Å². The number of nitrogens with zero attached hydrogens (tertiary/aromatic N) is 8. The van der Waals surface area contributed by atoms with Crippen LogP contribution in [0.5, 0.6) is 0 Å². The molecule has 2 radical (unpaired) electrons. The highest BCUT2D eigenvalue weighted by molar-refractivity contribution is 6.38. The Hall–Kier alpha value is -4.36. The second-order valence-corrected chi connectivity index (χ2v) is 7.22. The zero-order chi connectivity index (χ0) is 24.0. The summed E-state index contributed by atoms with van der Waals surface area (Å²) >= 11 is 0. The van der Waals surface area contributed by atoms with E-state index in [1.165, 1.54) is 27.8 Å². The molecule has 2 N–H and O–H groups in total. The minimum absolute atomic E-state index is 0.0536. The predicted molar refractivity (Wildman–Crippen MR) is 113 cm³/mol. The van der Waals surface area contributed by atoms with Crippen LogP contribution in [0.15, 0.2) is 49.2 Å². The Kier molecular flexibility index (Phi) is 4.99. The number of hydrogen-bond donors (Lipinski definition) is 1. The summed E-state index contributed by atoms with van der Waals surface area (Å²) in [5, 5.41) is 12.2. The Balaban J connectivity index is 1.59. The Morgan fingerprint density at radius 2 is 1.79 bits per heavy atom. The molecule has 0 amide bonds. The minimum Gasteiger partial charge on any atom is -0.382 e. The van der Waals surface area contributed by atoms with Crippen molar-refractivity contribution < 1.29 is 17.6 Å². The largest absolute Gasteiger partial charge is 0.451 e. The van der Waals surface area contributed by atoms with E-state index in [4.69, 9.17) is 13.6 Å². The number of para-hydroxylation sites is 1. The fourth-order valence-electron chi connectivity index (χ4n) is 3.56. The first-order chi connectivity index (χ1) is 16.2. The topological polar surface area (TPSA) is 113 Å². The molecule has 34 heavy (non-hydrogen) atoms. The molecule has 168 valence electrons. The summed E-state index contributed by atoms with van der Waals surface area (Å²) in [6.45, 7) is 0. The number of alkyl halides is 3. The highest BCUT2D eigenvalue weighted by atomic mass is 19.4. The lowest BCUT2D eigenvalue weighted by molar-refractivity contribution is -0.144. The number of halogens is 4. The molecule has 0 bridgehead atoms. The molecule has 0 saturated carbocycles. The van der Waals surface area contributed by atoms with Crippen molar-refractivity contribution in [3.05, 3.63) is 72.2 Å². The fourth-order valence-corrected chi connectivity index (χ4v) is 3.56. The number of aromatic nitrogens is 8. The van der Waals surface area contributed by atoms with E-state index >= 15 is 0 Å². The van der Waals surface area contributed by atoms with Crippen molar-refractivity contribution in [2.75, 3.05) is 5.73 Å². The van der Waals surface area contributed by atoms with Gasteiger partial charge in [-0.05, 0) is 12.1 Å². The van der Waals surface area contributed by atoms with E-state index in [2.05, 4.69) is 30.4 Å².